The first-order valence-electron chi connectivity index (χ1n) is 10.6. The van der Waals surface area contributed by atoms with Gasteiger partial charge in [-0.2, -0.15) is 0 Å². The van der Waals surface area contributed by atoms with Gasteiger partial charge in [0.2, 0.25) is 0 Å². The minimum Gasteiger partial charge on any atom is -0.487 e. The monoisotopic (exact) mass is 385 g/mol. The Balaban J connectivity index is 1.55. The van der Waals surface area contributed by atoms with Crippen molar-refractivity contribution in [2.24, 2.45) is 0 Å². The third kappa shape index (κ3) is 5.55. The number of nitrogens with zero attached hydrogens (tertiary/aromatic N) is 4. The van der Waals surface area contributed by atoms with Crippen LogP contribution < -0.4 is 10.1 Å². The number of rotatable bonds is 9. The highest BCUT2D eigenvalue weighted by atomic mass is 16.5. The van der Waals surface area contributed by atoms with Crippen molar-refractivity contribution in [1.82, 2.24) is 25.2 Å². The van der Waals surface area contributed by atoms with Crippen LogP contribution in [0.25, 0.3) is 0 Å². The smallest absolute Gasteiger partial charge is 0.134 e. The molecule has 0 unspecified atom stereocenters. The Labute approximate surface area is 169 Å². The van der Waals surface area contributed by atoms with E-state index in [1.807, 2.05) is 10.9 Å². The summed E-state index contributed by atoms with van der Waals surface area (Å²) in [4.78, 5) is 2.51. The highest BCUT2D eigenvalue weighted by Crippen LogP contribution is 2.34. The summed E-state index contributed by atoms with van der Waals surface area (Å²) in [5, 5.41) is 12.0. The molecule has 0 amide bonds. The Bertz CT molecular complexity index is 708. The van der Waals surface area contributed by atoms with E-state index in [0.29, 0.717) is 18.4 Å². The Morgan fingerprint density at radius 3 is 2.36 bits per heavy atom. The minimum absolute atomic E-state index is 0.425. The summed E-state index contributed by atoms with van der Waals surface area (Å²) in [6.45, 7) is 15.8. The predicted octanol–water partition coefficient (Wildman–Crippen LogP) is 3.40. The van der Waals surface area contributed by atoms with Crippen LogP contribution in [0.3, 0.4) is 0 Å². The number of hydrogen-bond acceptors (Lipinski definition) is 5. The number of aromatic nitrogens is 3. The molecule has 6 nitrogen and oxygen atoms in total. The van der Waals surface area contributed by atoms with Gasteiger partial charge >= 0.3 is 0 Å². The highest BCUT2D eigenvalue weighted by Gasteiger charge is 2.16. The number of para-hydroxylation sites is 1. The van der Waals surface area contributed by atoms with E-state index in [2.05, 4.69) is 66.4 Å². The molecule has 1 N–H and O–H groups in total. The maximum Gasteiger partial charge on any atom is 0.134 e. The lowest BCUT2D eigenvalue weighted by atomic mass is 9.94. The van der Waals surface area contributed by atoms with Crippen molar-refractivity contribution >= 4 is 0 Å². The Morgan fingerprint density at radius 1 is 1.04 bits per heavy atom. The SMILES string of the molecule is CC(C)c1cccc(C(C)C)c1OCc1cn(CCCN2CCNCC2)nn1. The van der Waals surface area contributed by atoms with Gasteiger partial charge in [0, 0.05) is 39.3 Å². The summed E-state index contributed by atoms with van der Waals surface area (Å²) in [6.07, 6.45) is 3.11. The topological polar surface area (TPSA) is 55.2 Å². The Kier molecular flexibility index (Phi) is 7.45. The first-order chi connectivity index (χ1) is 13.5. The average molecular weight is 386 g/mol. The van der Waals surface area contributed by atoms with Crippen LogP contribution in [-0.2, 0) is 13.2 Å². The molecule has 0 spiro atoms. The van der Waals surface area contributed by atoms with E-state index < -0.39 is 0 Å². The first-order valence-corrected chi connectivity index (χ1v) is 10.6. The lowest BCUT2D eigenvalue weighted by molar-refractivity contribution is 0.233. The van der Waals surface area contributed by atoms with Crippen molar-refractivity contribution in [3.63, 3.8) is 0 Å². The van der Waals surface area contributed by atoms with Crippen LogP contribution >= 0.6 is 0 Å². The molecule has 0 aliphatic carbocycles. The van der Waals surface area contributed by atoms with E-state index in [-0.39, 0.29) is 0 Å². The zero-order chi connectivity index (χ0) is 19.9. The quantitative estimate of drug-likeness (QED) is 0.717. The molecule has 0 atom stereocenters. The lowest BCUT2D eigenvalue weighted by Gasteiger charge is -2.26. The second-order valence-corrected chi connectivity index (χ2v) is 8.28. The van der Waals surface area contributed by atoms with Crippen molar-refractivity contribution < 1.29 is 4.74 Å². The summed E-state index contributed by atoms with van der Waals surface area (Å²) < 4.78 is 8.20. The van der Waals surface area contributed by atoms with Crippen LogP contribution in [-0.4, -0.2) is 52.6 Å². The maximum atomic E-state index is 6.26. The number of benzene rings is 1. The zero-order valence-corrected chi connectivity index (χ0v) is 17.8. The molecular formula is C22H35N5O. The van der Waals surface area contributed by atoms with Crippen molar-refractivity contribution in [2.45, 2.75) is 59.1 Å². The number of piperazine rings is 1. The minimum atomic E-state index is 0.425. The molecular weight excluding hydrogens is 350 g/mol. The van der Waals surface area contributed by atoms with Gasteiger partial charge in [0.25, 0.3) is 0 Å². The second kappa shape index (κ2) is 10.0. The third-order valence-electron chi connectivity index (χ3n) is 5.34. The third-order valence-corrected chi connectivity index (χ3v) is 5.34. The van der Waals surface area contributed by atoms with Crippen molar-refractivity contribution in [2.75, 3.05) is 32.7 Å². The second-order valence-electron chi connectivity index (χ2n) is 8.28. The van der Waals surface area contributed by atoms with Crippen LogP contribution in [0.1, 0.15) is 62.8 Å². The lowest BCUT2D eigenvalue weighted by Crippen LogP contribution is -2.43. The van der Waals surface area contributed by atoms with Crippen molar-refractivity contribution in [3.05, 3.63) is 41.2 Å². The van der Waals surface area contributed by atoms with E-state index in [0.717, 1.165) is 57.1 Å². The normalized spacial score (nSPS) is 15.5. The van der Waals surface area contributed by atoms with Crippen molar-refractivity contribution in [3.8, 4) is 5.75 Å². The fourth-order valence-electron chi connectivity index (χ4n) is 3.70. The highest BCUT2D eigenvalue weighted by molar-refractivity contribution is 5.44. The van der Waals surface area contributed by atoms with Gasteiger partial charge in [-0.3, -0.25) is 4.68 Å². The van der Waals surface area contributed by atoms with Crippen LogP contribution in [0.5, 0.6) is 5.75 Å². The molecule has 6 heteroatoms. The fourth-order valence-corrected chi connectivity index (χ4v) is 3.70. The summed E-state index contributed by atoms with van der Waals surface area (Å²) in [6, 6.07) is 6.46. The number of hydrogen-bond donors (Lipinski definition) is 1. The maximum absolute atomic E-state index is 6.26. The van der Waals surface area contributed by atoms with Gasteiger partial charge in [-0.25, -0.2) is 0 Å². The Morgan fingerprint density at radius 2 is 1.71 bits per heavy atom. The van der Waals surface area contributed by atoms with Gasteiger partial charge in [0.1, 0.15) is 18.1 Å². The van der Waals surface area contributed by atoms with Crippen LogP contribution in [0.2, 0.25) is 0 Å². The molecule has 0 saturated carbocycles. The van der Waals surface area contributed by atoms with Gasteiger partial charge in [-0.05, 0) is 29.4 Å². The van der Waals surface area contributed by atoms with Gasteiger partial charge < -0.3 is 15.0 Å². The molecule has 1 aliphatic rings. The standard InChI is InChI=1S/C22H35N5O/c1-17(2)20-7-5-8-21(18(3)4)22(20)28-16-19-15-27(25-24-19)12-6-11-26-13-9-23-10-14-26/h5,7-8,15,17-18,23H,6,9-14,16H2,1-4H3. The summed E-state index contributed by atoms with van der Waals surface area (Å²) in [5.74, 6) is 1.87. The van der Waals surface area contributed by atoms with E-state index in [1.54, 1.807) is 0 Å². The molecule has 0 radical (unpaired) electrons. The zero-order valence-electron chi connectivity index (χ0n) is 17.8. The average Bonchev–Trinajstić information content (AvgIpc) is 3.14. The molecule has 28 heavy (non-hydrogen) atoms. The molecule has 1 aromatic carbocycles. The fraction of sp³-hybridized carbons (Fsp3) is 0.636. The molecule has 2 aromatic rings. The van der Waals surface area contributed by atoms with Crippen molar-refractivity contribution in [1.29, 1.82) is 0 Å². The summed E-state index contributed by atoms with van der Waals surface area (Å²) in [7, 11) is 0. The molecule has 3 rings (SSSR count). The first kappa shape index (κ1) is 20.8. The van der Waals surface area contributed by atoms with Gasteiger partial charge in [0.15, 0.2) is 0 Å². The van der Waals surface area contributed by atoms with Crippen LogP contribution in [0.4, 0.5) is 0 Å². The van der Waals surface area contributed by atoms with Crippen LogP contribution in [0, 0.1) is 0 Å². The molecule has 1 aliphatic heterocycles. The number of aryl methyl sites for hydroxylation is 1. The van der Waals surface area contributed by atoms with Crippen LogP contribution in [0.15, 0.2) is 24.4 Å². The predicted molar refractivity (Wildman–Crippen MR) is 113 cm³/mol. The summed E-state index contributed by atoms with van der Waals surface area (Å²) >= 11 is 0. The molecule has 1 aromatic heterocycles. The van der Waals surface area contributed by atoms with E-state index in [9.17, 15) is 0 Å². The molecule has 1 fully saturated rings. The summed E-state index contributed by atoms with van der Waals surface area (Å²) in [5.41, 5.74) is 3.40. The molecule has 2 heterocycles. The van der Waals surface area contributed by atoms with E-state index in [1.165, 1.54) is 11.1 Å². The molecule has 154 valence electrons. The van der Waals surface area contributed by atoms with E-state index in [4.69, 9.17) is 4.74 Å². The van der Waals surface area contributed by atoms with Gasteiger partial charge in [-0.15, -0.1) is 5.10 Å². The van der Waals surface area contributed by atoms with Gasteiger partial charge in [-0.1, -0.05) is 51.1 Å². The molecule has 0 bridgehead atoms. The largest absolute Gasteiger partial charge is 0.487 e. The van der Waals surface area contributed by atoms with E-state index >= 15 is 0 Å². The number of ether oxygens (including phenoxy) is 1. The number of nitrogens with one attached hydrogen (secondary N) is 1. The van der Waals surface area contributed by atoms with Gasteiger partial charge in [0.05, 0.1) is 6.20 Å². The molecule has 1 saturated heterocycles. The Hall–Kier alpha value is -1.92.